The van der Waals surface area contributed by atoms with Gasteiger partial charge in [0.15, 0.2) is 5.65 Å². The molecule has 0 radical (unpaired) electrons. The number of aromatic nitrogens is 4. The molecule has 0 unspecified atom stereocenters. The Balaban J connectivity index is 1.37. The summed E-state index contributed by atoms with van der Waals surface area (Å²) in [4.78, 5) is 18.4. The van der Waals surface area contributed by atoms with Crippen LogP contribution in [-0.4, -0.2) is 44.5 Å². The molecule has 1 fully saturated rings. The lowest BCUT2D eigenvalue weighted by Gasteiger charge is -2.31. The summed E-state index contributed by atoms with van der Waals surface area (Å²) in [5.41, 5.74) is 6.52. The van der Waals surface area contributed by atoms with Crippen LogP contribution in [0.15, 0.2) is 36.5 Å². The Bertz CT molecular complexity index is 1130. The van der Waals surface area contributed by atoms with Crippen molar-refractivity contribution in [2.45, 2.75) is 51.5 Å². The van der Waals surface area contributed by atoms with Crippen molar-refractivity contribution in [1.82, 2.24) is 24.8 Å². The topological polar surface area (TPSA) is 60.6 Å². The fourth-order valence-electron chi connectivity index (χ4n) is 4.74. The van der Waals surface area contributed by atoms with Crippen LogP contribution in [-0.2, 0) is 6.42 Å². The predicted octanol–water partition coefficient (Wildman–Crippen LogP) is 5.22. The van der Waals surface area contributed by atoms with Crippen molar-refractivity contribution in [2.75, 3.05) is 13.6 Å². The highest BCUT2D eigenvalue weighted by atomic mass is 15.1. The molecule has 0 spiro atoms. The second-order valence-corrected chi connectivity index (χ2v) is 8.50. The third-order valence-corrected chi connectivity index (χ3v) is 6.43. The van der Waals surface area contributed by atoms with Gasteiger partial charge in [-0.3, -0.25) is 0 Å². The van der Waals surface area contributed by atoms with Gasteiger partial charge in [-0.05, 0) is 63.1 Å². The molecule has 1 aliphatic carbocycles. The monoisotopic (exact) mass is 387 g/mol. The van der Waals surface area contributed by atoms with E-state index in [1.54, 1.807) is 0 Å². The number of H-pyrrole nitrogens is 2. The quantitative estimate of drug-likeness (QED) is 0.493. The zero-order valence-corrected chi connectivity index (χ0v) is 17.3. The first-order valence-corrected chi connectivity index (χ1v) is 10.8. The van der Waals surface area contributed by atoms with Gasteiger partial charge < -0.3 is 14.9 Å². The molecule has 5 heteroatoms. The summed E-state index contributed by atoms with van der Waals surface area (Å²) in [5, 5.41) is 1.26. The molecule has 5 rings (SSSR count). The smallest absolute Gasteiger partial charge is 0.158 e. The van der Waals surface area contributed by atoms with Gasteiger partial charge in [0.2, 0.25) is 0 Å². The standard InChI is InChI=1S/C24H29N5/c1-16-26-23-20(10-12-25-24(23)27-16)22-15-18-14-17(8-9-21(18)28-22)11-13-29(2)19-6-4-3-5-7-19/h8-10,12,14-15,19,28H,3-7,11,13H2,1-2H3,(H,25,26,27). The Morgan fingerprint density at radius 1 is 1.07 bits per heavy atom. The molecule has 0 saturated heterocycles. The molecule has 3 heterocycles. The van der Waals surface area contributed by atoms with Crippen LogP contribution in [0.3, 0.4) is 0 Å². The number of hydrogen-bond acceptors (Lipinski definition) is 3. The Morgan fingerprint density at radius 3 is 2.79 bits per heavy atom. The predicted molar refractivity (Wildman–Crippen MR) is 119 cm³/mol. The maximum Gasteiger partial charge on any atom is 0.158 e. The van der Waals surface area contributed by atoms with Crippen LogP contribution < -0.4 is 0 Å². The highest BCUT2D eigenvalue weighted by molar-refractivity contribution is 5.94. The molecule has 3 aromatic heterocycles. The number of hydrogen-bond donors (Lipinski definition) is 2. The van der Waals surface area contributed by atoms with Gasteiger partial charge in [0.05, 0.1) is 0 Å². The van der Waals surface area contributed by atoms with Gasteiger partial charge in [-0.2, -0.15) is 0 Å². The number of rotatable bonds is 5. The van der Waals surface area contributed by atoms with Crippen LogP contribution in [0, 0.1) is 6.92 Å². The Morgan fingerprint density at radius 2 is 1.93 bits per heavy atom. The number of likely N-dealkylation sites (N-methyl/N-ethyl adjacent to an activating group) is 1. The Kier molecular flexibility index (Phi) is 4.84. The summed E-state index contributed by atoms with van der Waals surface area (Å²) in [5.74, 6) is 0.889. The fraction of sp³-hybridized carbons (Fsp3) is 0.417. The van der Waals surface area contributed by atoms with E-state index in [-0.39, 0.29) is 0 Å². The third kappa shape index (κ3) is 3.67. The van der Waals surface area contributed by atoms with E-state index in [2.05, 4.69) is 56.1 Å². The molecule has 0 aliphatic heterocycles. The largest absolute Gasteiger partial charge is 0.354 e. The molecule has 4 aromatic rings. The molecule has 5 nitrogen and oxygen atoms in total. The molecule has 0 amide bonds. The van der Waals surface area contributed by atoms with E-state index in [9.17, 15) is 0 Å². The van der Waals surface area contributed by atoms with Gasteiger partial charge in [-0.25, -0.2) is 9.97 Å². The molecule has 0 bridgehead atoms. The van der Waals surface area contributed by atoms with Gasteiger partial charge in [-0.15, -0.1) is 0 Å². The fourth-order valence-corrected chi connectivity index (χ4v) is 4.74. The lowest BCUT2D eigenvalue weighted by Crippen LogP contribution is -2.34. The summed E-state index contributed by atoms with van der Waals surface area (Å²) >= 11 is 0. The second-order valence-electron chi connectivity index (χ2n) is 8.50. The molecule has 150 valence electrons. The van der Waals surface area contributed by atoms with Gasteiger partial charge in [0, 0.05) is 40.9 Å². The van der Waals surface area contributed by atoms with Crippen molar-refractivity contribution in [2.24, 2.45) is 0 Å². The minimum Gasteiger partial charge on any atom is -0.354 e. The number of nitrogens with one attached hydrogen (secondary N) is 2. The average Bonchev–Trinajstić information content (AvgIpc) is 3.34. The van der Waals surface area contributed by atoms with E-state index in [0.29, 0.717) is 0 Å². The summed E-state index contributed by atoms with van der Waals surface area (Å²) in [7, 11) is 2.30. The van der Waals surface area contributed by atoms with Crippen LogP contribution in [0.4, 0.5) is 0 Å². The number of benzene rings is 1. The van der Waals surface area contributed by atoms with Crippen molar-refractivity contribution in [3.05, 3.63) is 47.9 Å². The SMILES string of the molecule is Cc1nc2c(-c3cc4cc(CCN(C)C5CCCCC5)ccc4[nH]3)ccnc2[nH]1. The van der Waals surface area contributed by atoms with Crippen LogP contribution in [0.5, 0.6) is 0 Å². The second kappa shape index (κ2) is 7.64. The molecule has 1 saturated carbocycles. The van der Waals surface area contributed by atoms with Crippen molar-refractivity contribution < 1.29 is 0 Å². The van der Waals surface area contributed by atoms with Crippen molar-refractivity contribution in [3.63, 3.8) is 0 Å². The minimum atomic E-state index is 0.776. The summed E-state index contributed by atoms with van der Waals surface area (Å²) in [6.07, 6.45) is 9.87. The maximum atomic E-state index is 4.63. The number of aryl methyl sites for hydroxylation is 1. The molecule has 0 atom stereocenters. The summed E-state index contributed by atoms with van der Waals surface area (Å²) in [6.45, 7) is 3.10. The van der Waals surface area contributed by atoms with Crippen molar-refractivity contribution in [3.8, 4) is 11.3 Å². The van der Waals surface area contributed by atoms with Gasteiger partial charge in [0.25, 0.3) is 0 Å². The third-order valence-electron chi connectivity index (χ3n) is 6.43. The molecular formula is C24H29N5. The number of nitrogens with zero attached hydrogens (tertiary/aromatic N) is 3. The van der Waals surface area contributed by atoms with E-state index in [1.807, 2.05) is 19.2 Å². The van der Waals surface area contributed by atoms with Crippen LogP contribution in [0.25, 0.3) is 33.3 Å². The van der Waals surface area contributed by atoms with Gasteiger partial charge >= 0.3 is 0 Å². The van der Waals surface area contributed by atoms with E-state index < -0.39 is 0 Å². The maximum absolute atomic E-state index is 4.63. The number of aromatic amines is 2. The van der Waals surface area contributed by atoms with Gasteiger partial charge in [0.1, 0.15) is 11.3 Å². The number of imidazole rings is 1. The van der Waals surface area contributed by atoms with Gasteiger partial charge in [-0.1, -0.05) is 25.3 Å². The van der Waals surface area contributed by atoms with E-state index >= 15 is 0 Å². The first kappa shape index (κ1) is 18.4. The molecular weight excluding hydrogens is 358 g/mol. The van der Waals surface area contributed by atoms with Crippen molar-refractivity contribution >= 4 is 22.1 Å². The first-order valence-electron chi connectivity index (χ1n) is 10.8. The summed E-state index contributed by atoms with van der Waals surface area (Å²) < 4.78 is 0. The lowest BCUT2D eigenvalue weighted by molar-refractivity contribution is 0.194. The normalized spacial score (nSPS) is 15.7. The van der Waals surface area contributed by atoms with Crippen LogP contribution >= 0.6 is 0 Å². The number of pyridine rings is 1. The average molecular weight is 388 g/mol. The Hall–Kier alpha value is -2.66. The van der Waals surface area contributed by atoms with E-state index in [4.69, 9.17) is 0 Å². The molecule has 2 N–H and O–H groups in total. The molecule has 1 aliphatic rings. The zero-order chi connectivity index (χ0) is 19.8. The highest BCUT2D eigenvalue weighted by Crippen LogP contribution is 2.29. The lowest BCUT2D eigenvalue weighted by atomic mass is 9.94. The van der Waals surface area contributed by atoms with E-state index in [0.717, 1.165) is 47.3 Å². The van der Waals surface area contributed by atoms with E-state index in [1.165, 1.54) is 48.6 Å². The van der Waals surface area contributed by atoms with Crippen molar-refractivity contribution in [1.29, 1.82) is 0 Å². The first-order chi connectivity index (χ1) is 14.2. The molecule has 29 heavy (non-hydrogen) atoms. The zero-order valence-electron chi connectivity index (χ0n) is 17.3. The Labute approximate surface area is 171 Å². The molecule has 1 aromatic carbocycles. The highest BCUT2D eigenvalue weighted by Gasteiger charge is 2.17. The minimum absolute atomic E-state index is 0.776. The summed E-state index contributed by atoms with van der Waals surface area (Å²) in [6, 6.07) is 11.9. The number of fused-ring (bicyclic) bond motifs is 2. The van der Waals surface area contributed by atoms with Crippen LogP contribution in [0.1, 0.15) is 43.5 Å². The van der Waals surface area contributed by atoms with Crippen LogP contribution in [0.2, 0.25) is 0 Å².